The number of esters is 1. The molecule has 196 valence electrons. The van der Waals surface area contributed by atoms with Crippen LogP contribution >= 0.6 is 0 Å². The minimum Gasteiger partial charge on any atom is -0.459 e. The number of amides is 2. The van der Waals surface area contributed by atoms with Crippen LogP contribution in [0, 0.1) is 5.92 Å². The summed E-state index contributed by atoms with van der Waals surface area (Å²) < 4.78 is 10.7. The van der Waals surface area contributed by atoms with Crippen molar-refractivity contribution in [1.82, 2.24) is 10.6 Å². The van der Waals surface area contributed by atoms with Gasteiger partial charge >= 0.3 is 12.1 Å². The van der Waals surface area contributed by atoms with Crippen LogP contribution in [0.2, 0.25) is 0 Å². The van der Waals surface area contributed by atoms with Crippen molar-refractivity contribution in [3.63, 3.8) is 0 Å². The Morgan fingerprint density at radius 2 is 1.44 bits per heavy atom. The lowest BCUT2D eigenvalue weighted by atomic mass is 9.99. The Morgan fingerprint density at radius 1 is 0.889 bits per heavy atom. The number of hydrogen-bond donors (Lipinski definition) is 3. The summed E-state index contributed by atoms with van der Waals surface area (Å²) in [6.45, 7) is 9.08. The first-order valence-corrected chi connectivity index (χ1v) is 12.2. The van der Waals surface area contributed by atoms with Crippen molar-refractivity contribution in [3.8, 4) is 0 Å². The highest BCUT2D eigenvalue weighted by atomic mass is 16.6. The van der Waals surface area contributed by atoms with E-state index >= 15 is 0 Å². The Labute approximate surface area is 213 Å². The number of rotatable bonds is 11. The number of nitrogens with one attached hydrogen (secondary N) is 2. The third-order valence-corrected chi connectivity index (χ3v) is 5.18. The number of carbonyl (C=O) groups is 3. The minimum absolute atomic E-state index is 0.0729. The molecule has 0 spiro atoms. The Hall–Kier alpha value is -3.39. The van der Waals surface area contributed by atoms with Crippen LogP contribution in [0.1, 0.15) is 52.2 Å². The number of hydrogen-bond acceptors (Lipinski definition) is 6. The lowest BCUT2D eigenvalue weighted by molar-refractivity contribution is -0.150. The van der Waals surface area contributed by atoms with Gasteiger partial charge in [0.05, 0.1) is 6.04 Å². The lowest BCUT2D eigenvalue weighted by Gasteiger charge is -2.27. The molecule has 0 saturated heterocycles. The molecular weight excluding hydrogens is 460 g/mol. The van der Waals surface area contributed by atoms with E-state index in [4.69, 9.17) is 9.47 Å². The summed E-state index contributed by atoms with van der Waals surface area (Å²) in [7, 11) is 0. The van der Waals surface area contributed by atoms with Crippen LogP contribution in [0.5, 0.6) is 0 Å². The Balaban J connectivity index is 2.12. The molecule has 0 aliphatic rings. The highest BCUT2D eigenvalue weighted by molar-refractivity contribution is 5.87. The van der Waals surface area contributed by atoms with E-state index in [-0.39, 0.29) is 18.9 Å². The zero-order chi connectivity index (χ0) is 26.7. The van der Waals surface area contributed by atoms with E-state index < -0.39 is 41.8 Å². The van der Waals surface area contributed by atoms with Gasteiger partial charge in [-0.05, 0) is 50.7 Å². The first-order chi connectivity index (χ1) is 16.9. The average molecular weight is 499 g/mol. The lowest BCUT2D eigenvalue weighted by Crippen LogP contribution is -2.55. The van der Waals surface area contributed by atoms with Gasteiger partial charge in [0.2, 0.25) is 0 Å². The first-order valence-electron chi connectivity index (χ1n) is 12.2. The maximum absolute atomic E-state index is 13.1. The second kappa shape index (κ2) is 13.6. The molecule has 0 aliphatic heterocycles. The number of ether oxygens (including phenoxy) is 2. The molecule has 3 N–H and O–H groups in total. The second-order valence-corrected chi connectivity index (χ2v) is 10.2. The van der Waals surface area contributed by atoms with Crippen LogP contribution in [-0.4, -0.2) is 46.9 Å². The first kappa shape index (κ1) is 28.8. The number of aliphatic hydroxyl groups excluding tert-OH is 1. The van der Waals surface area contributed by atoms with Gasteiger partial charge in [0.25, 0.3) is 5.91 Å². The largest absolute Gasteiger partial charge is 0.459 e. The molecule has 0 radical (unpaired) electrons. The second-order valence-electron chi connectivity index (χ2n) is 10.2. The van der Waals surface area contributed by atoms with Gasteiger partial charge in [-0.2, -0.15) is 0 Å². The molecule has 2 aromatic carbocycles. The normalized spacial score (nSPS) is 13.9. The third-order valence-electron chi connectivity index (χ3n) is 5.18. The van der Waals surface area contributed by atoms with Crippen molar-refractivity contribution < 1.29 is 29.0 Å². The van der Waals surface area contributed by atoms with Gasteiger partial charge in [0, 0.05) is 0 Å². The molecule has 0 fully saturated rings. The molecule has 1 unspecified atom stereocenters. The molecular formula is C28H38N2O6. The van der Waals surface area contributed by atoms with Crippen molar-refractivity contribution in [3.05, 3.63) is 71.8 Å². The maximum Gasteiger partial charge on any atom is 0.407 e. The van der Waals surface area contributed by atoms with E-state index in [1.165, 1.54) is 0 Å². The summed E-state index contributed by atoms with van der Waals surface area (Å²) in [5.74, 6) is -1.29. The summed E-state index contributed by atoms with van der Waals surface area (Å²) in [6, 6.07) is 16.5. The molecule has 0 heterocycles. The third kappa shape index (κ3) is 10.5. The highest BCUT2D eigenvalue weighted by Gasteiger charge is 2.33. The van der Waals surface area contributed by atoms with Crippen LogP contribution in [0.25, 0.3) is 0 Å². The van der Waals surface area contributed by atoms with E-state index in [2.05, 4.69) is 10.6 Å². The molecule has 0 saturated carbocycles. The minimum atomic E-state index is -1.63. The monoisotopic (exact) mass is 498 g/mol. The van der Waals surface area contributed by atoms with Gasteiger partial charge in [-0.25, -0.2) is 9.59 Å². The number of aliphatic hydroxyl groups is 1. The summed E-state index contributed by atoms with van der Waals surface area (Å²) in [5.41, 5.74) is 0.885. The van der Waals surface area contributed by atoms with Crippen molar-refractivity contribution in [1.29, 1.82) is 0 Å². The fourth-order valence-corrected chi connectivity index (χ4v) is 3.52. The van der Waals surface area contributed by atoms with E-state index in [1.807, 2.05) is 74.5 Å². The van der Waals surface area contributed by atoms with E-state index in [0.717, 1.165) is 11.1 Å². The van der Waals surface area contributed by atoms with Gasteiger partial charge < -0.3 is 25.2 Å². The van der Waals surface area contributed by atoms with Gasteiger partial charge in [-0.15, -0.1) is 0 Å². The molecule has 0 aromatic heterocycles. The van der Waals surface area contributed by atoms with Crippen LogP contribution in [0.3, 0.4) is 0 Å². The zero-order valence-corrected chi connectivity index (χ0v) is 21.7. The Morgan fingerprint density at radius 3 is 1.97 bits per heavy atom. The Bertz CT molecular complexity index is 973. The smallest absolute Gasteiger partial charge is 0.407 e. The molecule has 0 bridgehead atoms. The highest BCUT2D eigenvalue weighted by Crippen LogP contribution is 2.13. The predicted octanol–water partition coefficient (Wildman–Crippen LogP) is 3.76. The fourth-order valence-electron chi connectivity index (χ4n) is 3.52. The average Bonchev–Trinajstić information content (AvgIpc) is 2.81. The van der Waals surface area contributed by atoms with E-state index in [1.54, 1.807) is 20.8 Å². The van der Waals surface area contributed by atoms with Gasteiger partial charge in [-0.1, -0.05) is 74.5 Å². The van der Waals surface area contributed by atoms with Crippen molar-refractivity contribution >= 4 is 18.0 Å². The van der Waals surface area contributed by atoms with E-state index in [0.29, 0.717) is 6.42 Å². The van der Waals surface area contributed by atoms with Crippen LogP contribution in [0.4, 0.5) is 4.79 Å². The number of alkyl carbamates (subject to hydrolysis) is 1. The van der Waals surface area contributed by atoms with Gasteiger partial charge in [0.1, 0.15) is 18.2 Å². The molecule has 0 aliphatic carbocycles. The molecule has 2 amide bonds. The SMILES string of the molecule is CC(C)CC(NC(=O)[C@@H](O)[C@@H](Cc1ccccc1)NC(=O)OC(C)(C)C)C(=O)OCc1ccccc1. The molecule has 3 atom stereocenters. The molecule has 2 aromatic rings. The number of benzene rings is 2. The topological polar surface area (TPSA) is 114 Å². The summed E-state index contributed by atoms with van der Waals surface area (Å²) in [6.07, 6.45) is -1.87. The predicted molar refractivity (Wildman–Crippen MR) is 137 cm³/mol. The van der Waals surface area contributed by atoms with E-state index in [9.17, 15) is 19.5 Å². The fraction of sp³-hybridized carbons (Fsp3) is 0.464. The van der Waals surface area contributed by atoms with Gasteiger partial charge in [0.15, 0.2) is 6.10 Å². The quantitative estimate of drug-likeness (QED) is 0.407. The van der Waals surface area contributed by atoms with Crippen molar-refractivity contribution in [2.24, 2.45) is 5.92 Å². The molecule has 36 heavy (non-hydrogen) atoms. The molecule has 8 heteroatoms. The maximum atomic E-state index is 13.1. The summed E-state index contributed by atoms with van der Waals surface area (Å²) in [5, 5.41) is 16.1. The number of carbonyl (C=O) groups excluding carboxylic acids is 3. The standard InChI is InChI=1S/C28H38N2O6/c1-19(2)16-23(26(33)35-18-21-14-10-7-11-15-21)29-25(32)24(31)22(17-20-12-8-6-9-13-20)30-27(34)36-28(3,4)5/h6-15,19,22-24,31H,16-18H2,1-5H3,(H,29,32)(H,30,34)/t22-,23?,24+/m1/s1. The van der Waals surface area contributed by atoms with Crippen molar-refractivity contribution in [2.75, 3.05) is 0 Å². The van der Waals surface area contributed by atoms with Crippen LogP contribution < -0.4 is 10.6 Å². The van der Waals surface area contributed by atoms with Gasteiger partial charge in [-0.3, -0.25) is 4.79 Å². The molecule has 8 nitrogen and oxygen atoms in total. The van der Waals surface area contributed by atoms with Crippen LogP contribution in [-0.2, 0) is 32.1 Å². The summed E-state index contributed by atoms with van der Waals surface area (Å²) in [4.78, 5) is 38.3. The Kier molecular flexibility index (Phi) is 10.9. The zero-order valence-electron chi connectivity index (χ0n) is 21.7. The van der Waals surface area contributed by atoms with Crippen LogP contribution in [0.15, 0.2) is 60.7 Å². The van der Waals surface area contributed by atoms with Crippen molar-refractivity contribution in [2.45, 2.75) is 77.9 Å². The molecule has 2 rings (SSSR count). The summed E-state index contributed by atoms with van der Waals surface area (Å²) >= 11 is 0.